The van der Waals surface area contributed by atoms with Gasteiger partial charge in [0.05, 0.1) is 0 Å². The molecule has 1 aromatic carbocycles. The third-order valence-corrected chi connectivity index (χ3v) is 4.05. The SMILES string of the molecule is CNCC1(CNc2cc3c(cc2C)OCCO3)CC1. The van der Waals surface area contributed by atoms with Crippen molar-refractivity contribution >= 4 is 5.69 Å². The van der Waals surface area contributed by atoms with Gasteiger partial charge in [-0.2, -0.15) is 0 Å². The molecule has 1 fully saturated rings. The summed E-state index contributed by atoms with van der Waals surface area (Å²) in [7, 11) is 2.02. The van der Waals surface area contributed by atoms with Crippen LogP contribution in [0, 0.1) is 12.3 Å². The Bertz CT molecular complexity index is 469. The average Bonchev–Trinajstić information content (AvgIpc) is 3.17. The molecule has 104 valence electrons. The van der Waals surface area contributed by atoms with Crippen molar-refractivity contribution in [3.8, 4) is 11.5 Å². The van der Waals surface area contributed by atoms with Crippen LogP contribution in [0.4, 0.5) is 5.69 Å². The quantitative estimate of drug-likeness (QED) is 0.853. The van der Waals surface area contributed by atoms with E-state index in [0.29, 0.717) is 18.6 Å². The van der Waals surface area contributed by atoms with Crippen molar-refractivity contribution in [2.24, 2.45) is 5.41 Å². The second kappa shape index (κ2) is 4.93. The Kier molecular flexibility index (Phi) is 3.27. The molecule has 0 bridgehead atoms. The Morgan fingerprint density at radius 3 is 2.42 bits per heavy atom. The van der Waals surface area contributed by atoms with Gasteiger partial charge in [-0.15, -0.1) is 0 Å². The highest BCUT2D eigenvalue weighted by Crippen LogP contribution is 2.45. The maximum atomic E-state index is 5.64. The standard InChI is InChI=1S/C15H22N2O2/c1-11-7-13-14(19-6-5-18-13)8-12(11)17-10-15(3-4-15)9-16-2/h7-8,16-17H,3-6,9-10H2,1-2H3. The smallest absolute Gasteiger partial charge is 0.163 e. The highest BCUT2D eigenvalue weighted by molar-refractivity contribution is 5.60. The van der Waals surface area contributed by atoms with Crippen LogP contribution in [-0.2, 0) is 0 Å². The molecule has 0 amide bonds. The molecule has 1 aliphatic heterocycles. The van der Waals surface area contributed by atoms with Gasteiger partial charge in [0.1, 0.15) is 13.2 Å². The summed E-state index contributed by atoms with van der Waals surface area (Å²) < 4.78 is 11.2. The van der Waals surface area contributed by atoms with Crippen LogP contribution in [-0.4, -0.2) is 33.4 Å². The summed E-state index contributed by atoms with van der Waals surface area (Å²) >= 11 is 0. The van der Waals surface area contributed by atoms with Gasteiger partial charge < -0.3 is 20.1 Å². The van der Waals surface area contributed by atoms with Gasteiger partial charge in [0, 0.05) is 30.3 Å². The predicted molar refractivity (Wildman–Crippen MR) is 76.3 cm³/mol. The zero-order valence-electron chi connectivity index (χ0n) is 11.7. The van der Waals surface area contributed by atoms with E-state index in [0.717, 1.165) is 30.3 Å². The molecule has 0 atom stereocenters. The molecule has 0 aromatic heterocycles. The van der Waals surface area contributed by atoms with Gasteiger partial charge in [0.2, 0.25) is 0 Å². The zero-order chi connectivity index (χ0) is 13.3. The molecule has 0 radical (unpaired) electrons. The number of fused-ring (bicyclic) bond motifs is 1. The molecule has 1 heterocycles. The van der Waals surface area contributed by atoms with Crippen LogP contribution in [0.1, 0.15) is 18.4 Å². The fourth-order valence-corrected chi connectivity index (χ4v) is 2.63. The molecule has 4 heteroatoms. The molecule has 2 aliphatic rings. The van der Waals surface area contributed by atoms with Gasteiger partial charge in [-0.1, -0.05) is 0 Å². The zero-order valence-corrected chi connectivity index (χ0v) is 11.7. The maximum absolute atomic E-state index is 5.64. The average molecular weight is 262 g/mol. The van der Waals surface area contributed by atoms with Crippen molar-refractivity contribution < 1.29 is 9.47 Å². The highest BCUT2D eigenvalue weighted by atomic mass is 16.6. The van der Waals surface area contributed by atoms with Crippen molar-refractivity contribution in [3.05, 3.63) is 17.7 Å². The first kappa shape index (κ1) is 12.6. The summed E-state index contributed by atoms with van der Waals surface area (Å²) in [5, 5.41) is 6.86. The Hall–Kier alpha value is -1.42. The Labute approximate surface area is 114 Å². The van der Waals surface area contributed by atoms with E-state index in [2.05, 4.69) is 29.7 Å². The molecule has 4 nitrogen and oxygen atoms in total. The number of nitrogens with one attached hydrogen (secondary N) is 2. The largest absolute Gasteiger partial charge is 0.486 e. The van der Waals surface area contributed by atoms with Crippen LogP contribution in [0.5, 0.6) is 11.5 Å². The third-order valence-electron chi connectivity index (χ3n) is 4.05. The van der Waals surface area contributed by atoms with Gasteiger partial charge in [-0.3, -0.25) is 0 Å². The first-order chi connectivity index (χ1) is 9.22. The fourth-order valence-electron chi connectivity index (χ4n) is 2.63. The van der Waals surface area contributed by atoms with E-state index in [1.807, 2.05) is 7.05 Å². The van der Waals surface area contributed by atoms with Crippen LogP contribution in [0.15, 0.2) is 12.1 Å². The summed E-state index contributed by atoms with van der Waals surface area (Å²) in [6, 6.07) is 4.13. The molecule has 19 heavy (non-hydrogen) atoms. The summed E-state index contributed by atoms with van der Waals surface area (Å²) in [6.07, 6.45) is 2.62. The number of hydrogen-bond acceptors (Lipinski definition) is 4. The summed E-state index contributed by atoms with van der Waals surface area (Å²) in [6.45, 7) is 5.50. The maximum Gasteiger partial charge on any atom is 0.163 e. The topological polar surface area (TPSA) is 42.5 Å². The van der Waals surface area contributed by atoms with Gasteiger partial charge in [-0.25, -0.2) is 0 Å². The van der Waals surface area contributed by atoms with Gasteiger partial charge >= 0.3 is 0 Å². The minimum atomic E-state index is 0.453. The lowest BCUT2D eigenvalue weighted by atomic mass is 10.1. The number of ether oxygens (including phenoxy) is 2. The van der Waals surface area contributed by atoms with E-state index in [-0.39, 0.29) is 0 Å². The molecule has 3 rings (SSSR count). The van der Waals surface area contributed by atoms with Crippen molar-refractivity contribution in [1.82, 2.24) is 5.32 Å². The lowest BCUT2D eigenvalue weighted by Crippen LogP contribution is -2.27. The summed E-state index contributed by atoms with van der Waals surface area (Å²) in [5.41, 5.74) is 2.82. The lowest BCUT2D eigenvalue weighted by molar-refractivity contribution is 0.171. The molecular formula is C15H22N2O2. The van der Waals surface area contributed by atoms with Gasteiger partial charge in [-0.05, 0) is 38.4 Å². The van der Waals surface area contributed by atoms with Gasteiger partial charge in [0.25, 0.3) is 0 Å². The van der Waals surface area contributed by atoms with Crippen LogP contribution in [0.3, 0.4) is 0 Å². The normalized spacial score (nSPS) is 19.1. The minimum absolute atomic E-state index is 0.453. The van der Waals surface area contributed by atoms with E-state index in [4.69, 9.17) is 9.47 Å². The Morgan fingerprint density at radius 1 is 1.11 bits per heavy atom. The fraction of sp³-hybridized carbons (Fsp3) is 0.600. The highest BCUT2D eigenvalue weighted by Gasteiger charge is 2.41. The molecule has 0 unspecified atom stereocenters. The lowest BCUT2D eigenvalue weighted by Gasteiger charge is -2.22. The molecule has 1 aromatic rings. The number of benzene rings is 1. The molecule has 1 aliphatic carbocycles. The van der Waals surface area contributed by atoms with Gasteiger partial charge in [0.15, 0.2) is 11.5 Å². The third kappa shape index (κ3) is 2.63. The molecule has 2 N–H and O–H groups in total. The Balaban J connectivity index is 1.70. The molecule has 1 saturated carbocycles. The Morgan fingerprint density at radius 2 is 1.79 bits per heavy atom. The van der Waals surface area contributed by atoms with E-state index in [1.54, 1.807) is 0 Å². The number of hydrogen-bond donors (Lipinski definition) is 2. The summed E-state index contributed by atoms with van der Waals surface area (Å²) in [5.74, 6) is 1.73. The second-order valence-electron chi connectivity index (χ2n) is 5.69. The first-order valence-corrected chi connectivity index (χ1v) is 7.01. The summed E-state index contributed by atoms with van der Waals surface area (Å²) in [4.78, 5) is 0. The van der Waals surface area contributed by atoms with E-state index >= 15 is 0 Å². The minimum Gasteiger partial charge on any atom is -0.486 e. The van der Waals surface area contributed by atoms with Crippen LogP contribution >= 0.6 is 0 Å². The predicted octanol–water partition coefficient (Wildman–Crippen LogP) is 2.18. The van der Waals surface area contributed by atoms with E-state index < -0.39 is 0 Å². The van der Waals surface area contributed by atoms with Crippen molar-refractivity contribution in [2.75, 3.05) is 38.7 Å². The molecule has 0 spiro atoms. The molecule has 0 saturated heterocycles. The van der Waals surface area contributed by atoms with E-state index in [1.165, 1.54) is 18.4 Å². The van der Waals surface area contributed by atoms with Crippen LogP contribution in [0.2, 0.25) is 0 Å². The first-order valence-electron chi connectivity index (χ1n) is 7.01. The monoisotopic (exact) mass is 262 g/mol. The van der Waals surface area contributed by atoms with Crippen molar-refractivity contribution in [2.45, 2.75) is 19.8 Å². The number of rotatable bonds is 5. The van der Waals surface area contributed by atoms with Crippen molar-refractivity contribution in [3.63, 3.8) is 0 Å². The van der Waals surface area contributed by atoms with Crippen molar-refractivity contribution in [1.29, 1.82) is 0 Å². The van der Waals surface area contributed by atoms with Crippen LogP contribution in [0.25, 0.3) is 0 Å². The second-order valence-corrected chi connectivity index (χ2v) is 5.69. The molecular weight excluding hydrogens is 240 g/mol. The number of anilines is 1. The van der Waals surface area contributed by atoms with E-state index in [9.17, 15) is 0 Å². The van der Waals surface area contributed by atoms with Crippen LogP contribution < -0.4 is 20.1 Å². The number of aryl methyl sites for hydroxylation is 1.